The van der Waals surface area contributed by atoms with Crippen molar-refractivity contribution in [3.05, 3.63) is 54.4 Å². The van der Waals surface area contributed by atoms with Gasteiger partial charge < -0.3 is 4.74 Å². The van der Waals surface area contributed by atoms with E-state index in [1.807, 2.05) is 24.3 Å². The van der Waals surface area contributed by atoms with Crippen molar-refractivity contribution in [1.82, 2.24) is 9.71 Å². The number of ether oxygens (including phenoxy) is 1. The van der Waals surface area contributed by atoms with Crippen molar-refractivity contribution >= 4 is 10.0 Å². The molecule has 2 aromatic rings. The Kier molecular flexibility index (Phi) is 4.87. The maximum absolute atomic E-state index is 12.5. The number of aromatic nitrogens is 1. The normalized spacial score (nSPS) is 16.9. The molecule has 0 aliphatic heterocycles. The SMILES string of the molecule is COc1ccc(C2(CNS(=O)(=O)c3cccnc3)CCCC2)cc1. The van der Waals surface area contributed by atoms with Gasteiger partial charge in [0.25, 0.3) is 0 Å². The van der Waals surface area contributed by atoms with Gasteiger partial charge >= 0.3 is 0 Å². The third-order valence-corrected chi connectivity index (χ3v) is 6.19. The Labute approximate surface area is 143 Å². The zero-order chi connectivity index (χ0) is 17.0. The van der Waals surface area contributed by atoms with Crippen molar-refractivity contribution in [3.8, 4) is 5.75 Å². The molecule has 0 bridgehead atoms. The van der Waals surface area contributed by atoms with Crippen LogP contribution in [0.15, 0.2) is 53.7 Å². The molecule has 1 N–H and O–H groups in total. The molecule has 0 amide bonds. The highest BCUT2D eigenvalue weighted by atomic mass is 32.2. The molecule has 5 nitrogen and oxygen atoms in total. The largest absolute Gasteiger partial charge is 0.497 e. The van der Waals surface area contributed by atoms with Gasteiger partial charge in [-0.15, -0.1) is 0 Å². The first-order chi connectivity index (χ1) is 11.6. The zero-order valence-electron chi connectivity index (χ0n) is 13.7. The van der Waals surface area contributed by atoms with Crippen LogP contribution in [0.1, 0.15) is 31.2 Å². The molecule has 1 aliphatic rings. The molecule has 0 unspecified atom stereocenters. The molecule has 1 fully saturated rings. The number of rotatable bonds is 6. The summed E-state index contributed by atoms with van der Waals surface area (Å²) < 4.78 is 33.0. The molecule has 0 atom stereocenters. The standard InChI is InChI=1S/C18H22N2O3S/c1-23-16-8-6-15(7-9-16)18(10-2-3-11-18)14-20-24(21,22)17-5-4-12-19-13-17/h4-9,12-13,20H,2-3,10-11,14H2,1H3. The molecule has 1 aromatic carbocycles. The molecule has 0 saturated heterocycles. The number of hydrogen-bond acceptors (Lipinski definition) is 4. The first kappa shape index (κ1) is 16.9. The second-order valence-corrected chi connectivity index (χ2v) is 8.00. The average molecular weight is 346 g/mol. The summed E-state index contributed by atoms with van der Waals surface area (Å²) in [6, 6.07) is 11.1. The van der Waals surface area contributed by atoms with Gasteiger partial charge in [-0.2, -0.15) is 0 Å². The first-order valence-electron chi connectivity index (χ1n) is 8.10. The van der Waals surface area contributed by atoms with Crippen molar-refractivity contribution in [2.45, 2.75) is 36.0 Å². The van der Waals surface area contributed by atoms with E-state index in [1.165, 1.54) is 6.20 Å². The predicted molar refractivity (Wildman–Crippen MR) is 92.6 cm³/mol. The maximum atomic E-state index is 12.5. The van der Waals surface area contributed by atoms with Crippen LogP contribution in [0.25, 0.3) is 0 Å². The van der Waals surface area contributed by atoms with Crippen molar-refractivity contribution in [1.29, 1.82) is 0 Å². The Morgan fingerprint density at radius 2 is 1.88 bits per heavy atom. The summed E-state index contributed by atoms with van der Waals surface area (Å²) in [5, 5.41) is 0. The molecule has 1 aromatic heterocycles. The highest BCUT2D eigenvalue weighted by Gasteiger charge is 2.36. The minimum atomic E-state index is -3.54. The average Bonchev–Trinajstić information content (AvgIpc) is 3.11. The monoisotopic (exact) mass is 346 g/mol. The first-order valence-corrected chi connectivity index (χ1v) is 9.58. The molecule has 3 rings (SSSR count). The van der Waals surface area contributed by atoms with E-state index in [0.29, 0.717) is 6.54 Å². The summed E-state index contributed by atoms with van der Waals surface area (Å²) >= 11 is 0. The molecule has 0 radical (unpaired) electrons. The van der Waals surface area contributed by atoms with Crippen molar-refractivity contribution in [3.63, 3.8) is 0 Å². The van der Waals surface area contributed by atoms with E-state index in [-0.39, 0.29) is 10.3 Å². The summed E-state index contributed by atoms with van der Waals surface area (Å²) in [5.74, 6) is 0.808. The molecule has 1 heterocycles. The van der Waals surface area contributed by atoms with Gasteiger partial charge in [-0.3, -0.25) is 4.98 Å². The topological polar surface area (TPSA) is 68.3 Å². The Morgan fingerprint density at radius 1 is 1.17 bits per heavy atom. The van der Waals surface area contributed by atoms with Crippen LogP contribution in [-0.2, 0) is 15.4 Å². The van der Waals surface area contributed by atoms with Gasteiger partial charge in [0.1, 0.15) is 10.6 Å². The fraction of sp³-hybridized carbons (Fsp3) is 0.389. The maximum Gasteiger partial charge on any atom is 0.242 e. The lowest BCUT2D eigenvalue weighted by molar-refractivity contribution is 0.410. The van der Waals surface area contributed by atoms with Crippen LogP contribution in [0, 0.1) is 0 Å². The highest BCUT2D eigenvalue weighted by molar-refractivity contribution is 7.89. The van der Waals surface area contributed by atoms with Gasteiger partial charge in [0, 0.05) is 24.4 Å². The second-order valence-electron chi connectivity index (χ2n) is 6.23. The Hall–Kier alpha value is -1.92. The summed E-state index contributed by atoms with van der Waals surface area (Å²) in [5.41, 5.74) is 1.01. The van der Waals surface area contributed by atoms with Crippen LogP contribution in [0.4, 0.5) is 0 Å². The molecule has 1 aliphatic carbocycles. The lowest BCUT2D eigenvalue weighted by Gasteiger charge is -2.30. The van der Waals surface area contributed by atoms with Crippen LogP contribution in [0.2, 0.25) is 0 Å². The zero-order valence-corrected chi connectivity index (χ0v) is 14.6. The Bertz CT molecular complexity index is 768. The number of benzene rings is 1. The van der Waals surface area contributed by atoms with Crippen molar-refractivity contribution < 1.29 is 13.2 Å². The number of methoxy groups -OCH3 is 1. The van der Waals surface area contributed by atoms with Gasteiger partial charge in [0.2, 0.25) is 10.0 Å². The number of nitrogens with one attached hydrogen (secondary N) is 1. The lowest BCUT2D eigenvalue weighted by Crippen LogP contribution is -2.39. The van der Waals surface area contributed by atoms with Gasteiger partial charge in [0.15, 0.2) is 0 Å². The summed E-state index contributed by atoms with van der Waals surface area (Å²) in [4.78, 5) is 4.09. The molecule has 1 saturated carbocycles. The lowest BCUT2D eigenvalue weighted by atomic mass is 9.79. The molecule has 0 spiro atoms. The van der Waals surface area contributed by atoms with Crippen LogP contribution in [0.3, 0.4) is 0 Å². The van der Waals surface area contributed by atoms with E-state index >= 15 is 0 Å². The van der Waals surface area contributed by atoms with Crippen molar-refractivity contribution in [2.24, 2.45) is 0 Å². The van der Waals surface area contributed by atoms with E-state index < -0.39 is 10.0 Å². The third kappa shape index (κ3) is 3.44. The Balaban J connectivity index is 1.81. The van der Waals surface area contributed by atoms with Crippen LogP contribution in [-0.4, -0.2) is 27.1 Å². The molecule has 6 heteroatoms. The molecule has 128 valence electrons. The minimum absolute atomic E-state index is 0.151. The third-order valence-electron chi connectivity index (χ3n) is 4.81. The van der Waals surface area contributed by atoms with E-state index in [2.05, 4.69) is 9.71 Å². The van der Waals surface area contributed by atoms with E-state index in [4.69, 9.17) is 4.74 Å². The molecule has 24 heavy (non-hydrogen) atoms. The van der Waals surface area contributed by atoms with Gasteiger partial charge in [-0.05, 0) is 42.7 Å². The fourth-order valence-corrected chi connectivity index (χ4v) is 4.48. The number of pyridine rings is 1. The number of nitrogens with zero attached hydrogens (tertiary/aromatic N) is 1. The van der Waals surface area contributed by atoms with Crippen molar-refractivity contribution in [2.75, 3.05) is 13.7 Å². The van der Waals surface area contributed by atoms with E-state index in [0.717, 1.165) is 37.0 Å². The Morgan fingerprint density at radius 3 is 2.46 bits per heavy atom. The van der Waals surface area contributed by atoms with E-state index in [1.54, 1.807) is 25.4 Å². The fourth-order valence-electron chi connectivity index (χ4n) is 3.39. The van der Waals surface area contributed by atoms with Gasteiger partial charge in [0.05, 0.1) is 7.11 Å². The number of hydrogen-bond donors (Lipinski definition) is 1. The van der Waals surface area contributed by atoms with Gasteiger partial charge in [-0.1, -0.05) is 25.0 Å². The number of sulfonamides is 1. The molecular weight excluding hydrogens is 324 g/mol. The summed E-state index contributed by atoms with van der Waals surface area (Å²) in [6.07, 6.45) is 7.12. The molecular formula is C18H22N2O3S. The smallest absolute Gasteiger partial charge is 0.242 e. The highest BCUT2D eigenvalue weighted by Crippen LogP contribution is 2.41. The van der Waals surface area contributed by atoms with E-state index in [9.17, 15) is 8.42 Å². The quantitative estimate of drug-likeness (QED) is 0.873. The van der Waals surface area contributed by atoms with Crippen LogP contribution < -0.4 is 9.46 Å². The summed E-state index contributed by atoms with van der Waals surface area (Å²) in [7, 11) is -1.90. The second kappa shape index (κ2) is 6.91. The minimum Gasteiger partial charge on any atom is -0.497 e. The summed E-state index contributed by atoms with van der Waals surface area (Å²) in [6.45, 7) is 0.399. The van der Waals surface area contributed by atoms with Crippen LogP contribution >= 0.6 is 0 Å². The van der Waals surface area contributed by atoms with Gasteiger partial charge in [-0.25, -0.2) is 13.1 Å². The van der Waals surface area contributed by atoms with Crippen LogP contribution in [0.5, 0.6) is 5.75 Å². The predicted octanol–water partition coefficient (Wildman–Crippen LogP) is 2.88.